The number of nitrogens with one attached hydrogen (secondary N) is 1. The van der Waals surface area contributed by atoms with Crippen LogP contribution in [0, 0.1) is 0 Å². The molecule has 1 aromatic rings. The molecule has 0 fully saturated rings. The van der Waals surface area contributed by atoms with Crippen LogP contribution in [0.2, 0.25) is 0 Å². The van der Waals surface area contributed by atoms with E-state index in [0.29, 0.717) is 6.61 Å². The maximum absolute atomic E-state index is 11.3. The fourth-order valence-corrected chi connectivity index (χ4v) is 1.95. The van der Waals surface area contributed by atoms with Gasteiger partial charge in [-0.1, -0.05) is 13.8 Å². The average Bonchev–Trinajstić information content (AvgIpc) is 2.40. The Morgan fingerprint density at radius 2 is 1.68 bits per heavy atom. The molecule has 4 heteroatoms. The lowest BCUT2D eigenvalue weighted by atomic mass is 10.2. The van der Waals surface area contributed by atoms with Crippen molar-refractivity contribution >= 4 is 17.5 Å². The van der Waals surface area contributed by atoms with Gasteiger partial charge in [0.25, 0.3) is 0 Å². The molecular weight excluding hydrogens is 240 g/mol. The maximum atomic E-state index is 11.3. The van der Waals surface area contributed by atoms with Gasteiger partial charge < -0.3 is 9.64 Å². The van der Waals surface area contributed by atoms with Crippen molar-refractivity contribution in [1.29, 1.82) is 0 Å². The zero-order valence-corrected chi connectivity index (χ0v) is 12.1. The molecule has 0 heterocycles. The van der Waals surface area contributed by atoms with Gasteiger partial charge in [0.2, 0.25) is 0 Å². The van der Waals surface area contributed by atoms with E-state index in [1.807, 2.05) is 24.3 Å². The summed E-state index contributed by atoms with van der Waals surface area (Å²) in [6.07, 6.45) is 1.85. The predicted octanol–water partition coefficient (Wildman–Crippen LogP) is 3.88. The van der Waals surface area contributed by atoms with E-state index in [1.54, 1.807) is 6.92 Å². The highest BCUT2D eigenvalue weighted by atomic mass is 16.5. The summed E-state index contributed by atoms with van der Waals surface area (Å²) in [5.41, 5.74) is 1.95. The molecule has 0 bridgehead atoms. The molecule has 0 aliphatic carbocycles. The van der Waals surface area contributed by atoms with Crippen molar-refractivity contribution in [3.8, 4) is 0 Å². The molecule has 0 aromatic heterocycles. The van der Waals surface area contributed by atoms with Gasteiger partial charge in [-0.2, -0.15) is 0 Å². The zero-order valence-electron chi connectivity index (χ0n) is 12.1. The third-order valence-corrected chi connectivity index (χ3v) is 2.74. The molecule has 0 aliphatic rings. The van der Waals surface area contributed by atoms with Gasteiger partial charge in [-0.05, 0) is 44.0 Å². The molecule has 0 spiro atoms. The summed E-state index contributed by atoms with van der Waals surface area (Å²) in [7, 11) is 0. The molecule has 0 saturated carbocycles. The number of rotatable bonds is 7. The van der Waals surface area contributed by atoms with Crippen LogP contribution < -0.4 is 10.2 Å². The number of carbonyl (C=O) groups is 1. The van der Waals surface area contributed by atoms with Crippen molar-refractivity contribution in [2.24, 2.45) is 0 Å². The second-order valence-electron chi connectivity index (χ2n) is 4.38. The molecule has 0 unspecified atom stereocenters. The lowest BCUT2D eigenvalue weighted by molar-refractivity contribution is 0.168. The Hall–Kier alpha value is -1.71. The minimum Gasteiger partial charge on any atom is -0.450 e. The van der Waals surface area contributed by atoms with E-state index >= 15 is 0 Å². The number of anilines is 2. The highest BCUT2D eigenvalue weighted by Crippen LogP contribution is 2.18. The van der Waals surface area contributed by atoms with Gasteiger partial charge >= 0.3 is 6.09 Å². The first kappa shape index (κ1) is 15.3. The van der Waals surface area contributed by atoms with Crippen LogP contribution in [0.1, 0.15) is 33.6 Å². The molecule has 4 nitrogen and oxygen atoms in total. The Morgan fingerprint density at radius 1 is 1.11 bits per heavy atom. The monoisotopic (exact) mass is 264 g/mol. The van der Waals surface area contributed by atoms with E-state index in [2.05, 4.69) is 24.1 Å². The number of nitrogens with zero attached hydrogens (tertiary/aromatic N) is 1. The fraction of sp³-hybridized carbons (Fsp3) is 0.533. The molecule has 19 heavy (non-hydrogen) atoms. The SMILES string of the molecule is CCCN(CCC)c1ccc(NC(=O)OCC)cc1. The van der Waals surface area contributed by atoms with Crippen LogP contribution in [0.5, 0.6) is 0 Å². The summed E-state index contributed by atoms with van der Waals surface area (Å²) < 4.78 is 4.84. The Kier molecular flexibility index (Phi) is 6.79. The average molecular weight is 264 g/mol. The first-order valence-electron chi connectivity index (χ1n) is 7.00. The third-order valence-electron chi connectivity index (χ3n) is 2.74. The first-order valence-corrected chi connectivity index (χ1v) is 7.00. The van der Waals surface area contributed by atoms with Crippen molar-refractivity contribution in [1.82, 2.24) is 0 Å². The highest BCUT2D eigenvalue weighted by Gasteiger charge is 2.05. The second kappa shape index (κ2) is 8.40. The van der Waals surface area contributed by atoms with Crippen LogP contribution in [-0.4, -0.2) is 25.8 Å². The first-order chi connectivity index (χ1) is 9.21. The van der Waals surface area contributed by atoms with Gasteiger partial charge in [0.15, 0.2) is 0 Å². The Balaban J connectivity index is 2.65. The smallest absolute Gasteiger partial charge is 0.411 e. The summed E-state index contributed by atoms with van der Waals surface area (Å²) in [6.45, 7) is 8.64. The number of amides is 1. The van der Waals surface area contributed by atoms with Gasteiger partial charge in [-0.25, -0.2) is 4.79 Å². The lowest BCUT2D eigenvalue weighted by Crippen LogP contribution is -2.24. The Morgan fingerprint density at radius 3 is 2.16 bits per heavy atom. The van der Waals surface area contributed by atoms with Crippen LogP contribution in [0.4, 0.5) is 16.2 Å². The van der Waals surface area contributed by atoms with E-state index < -0.39 is 6.09 Å². The molecular formula is C15H24N2O2. The third kappa shape index (κ3) is 5.20. The van der Waals surface area contributed by atoms with E-state index in [-0.39, 0.29) is 0 Å². The minimum absolute atomic E-state index is 0.380. The molecule has 0 radical (unpaired) electrons. The number of carbonyl (C=O) groups excluding carboxylic acids is 1. The van der Waals surface area contributed by atoms with Gasteiger partial charge in [0.05, 0.1) is 6.61 Å². The lowest BCUT2D eigenvalue weighted by Gasteiger charge is -2.23. The van der Waals surface area contributed by atoms with Gasteiger partial charge in [-0.3, -0.25) is 5.32 Å². The molecule has 1 aromatic carbocycles. The molecule has 0 atom stereocenters. The highest BCUT2D eigenvalue weighted by molar-refractivity contribution is 5.84. The fourth-order valence-electron chi connectivity index (χ4n) is 1.95. The van der Waals surface area contributed by atoms with Crippen LogP contribution in [0.25, 0.3) is 0 Å². The van der Waals surface area contributed by atoms with Crippen molar-refractivity contribution in [2.45, 2.75) is 33.6 Å². The van der Waals surface area contributed by atoms with Gasteiger partial charge in [0.1, 0.15) is 0 Å². The number of hydrogen-bond donors (Lipinski definition) is 1. The topological polar surface area (TPSA) is 41.6 Å². The molecule has 0 aliphatic heterocycles. The number of ether oxygens (including phenoxy) is 1. The molecule has 1 rings (SSSR count). The molecule has 106 valence electrons. The second-order valence-corrected chi connectivity index (χ2v) is 4.38. The summed E-state index contributed by atoms with van der Waals surface area (Å²) in [5, 5.41) is 2.69. The van der Waals surface area contributed by atoms with Gasteiger partial charge in [0, 0.05) is 24.5 Å². The Bertz CT molecular complexity index is 370. The van der Waals surface area contributed by atoms with E-state index in [9.17, 15) is 4.79 Å². The standard InChI is InChI=1S/C15H24N2O2/c1-4-11-17(12-5-2)14-9-7-13(8-10-14)16-15(18)19-6-3/h7-10H,4-6,11-12H2,1-3H3,(H,16,18). The van der Waals surface area contributed by atoms with Crippen molar-refractivity contribution in [2.75, 3.05) is 29.9 Å². The maximum Gasteiger partial charge on any atom is 0.411 e. The zero-order chi connectivity index (χ0) is 14.1. The van der Waals surface area contributed by atoms with Crippen molar-refractivity contribution in [3.63, 3.8) is 0 Å². The summed E-state index contributed by atoms with van der Waals surface area (Å²) in [6, 6.07) is 7.88. The number of benzene rings is 1. The van der Waals surface area contributed by atoms with Crippen molar-refractivity contribution in [3.05, 3.63) is 24.3 Å². The summed E-state index contributed by atoms with van der Waals surface area (Å²) in [5.74, 6) is 0. The molecule has 0 saturated heterocycles. The van der Waals surface area contributed by atoms with Crippen LogP contribution in [0.15, 0.2) is 24.3 Å². The van der Waals surface area contributed by atoms with Crippen LogP contribution >= 0.6 is 0 Å². The summed E-state index contributed by atoms with van der Waals surface area (Å²) in [4.78, 5) is 13.6. The van der Waals surface area contributed by atoms with E-state index in [1.165, 1.54) is 5.69 Å². The number of hydrogen-bond acceptors (Lipinski definition) is 3. The molecule has 1 amide bonds. The Labute approximate surface area is 115 Å². The molecule has 1 N–H and O–H groups in total. The summed E-state index contributed by atoms with van der Waals surface area (Å²) >= 11 is 0. The van der Waals surface area contributed by atoms with Crippen LogP contribution in [-0.2, 0) is 4.74 Å². The van der Waals surface area contributed by atoms with E-state index in [4.69, 9.17) is 4.74 Å². The van der Waals surface area contributed by atoms with Gasteiger partial charge in [-0.15, -0.1) is 0 Å². The largest absolute Gasteiger partial charge is 0.450 e. The van der Waals surface area contributed by atoms with Crippen molar-refractivity contribution < 1.29 is 9.53 Å². The predicted molar refractivity (Wildman–Crippen MR) is 79.9 cm³/mol. The normalized spacial score (nSPS) is 10.1. The quantitative estimate of drug-likeness (QED) is 0.812. The van der Waals surface area contributed by atoms with Crippen LogP contribution in [0.3, 0.4) is 0 Å². The van der Waals surface area contributed by atoms with E-state index in [0.717, 1.165) is 31.6 Å². The minimum atomic E-state index is -0.408.